The van der Waals surface area contributed by atoms with Crippen LogP contribution in [0.3, 0.4) is 0 Å². The maximum Gasteiger partial charge on any atom is 0.312 e. The molecule has 0 unspecified atom stereocenters. The van der Waals surface area contributed by atoms with Crippen LogP contribution in [0.4, 0.5) is 10.1 Å². The minimum absolute atomic E-state index is 0.00159. The third-order valence-electron chi connectivity index (χ3n) is 2.40. The largest absolute Gasteiger partial charge is 0.431 e. The molecule has 2 aromatic rings. The number of halogens is 3. The second kappa shape index (κ2) is 6.27. The molecule has 0 aliphatic heterocycles. The van der Waals surface area contributed by atoms with Crippen LogP contribution in [0.2, 0.25) is 0 Å². The first-order chi connectivity index (χ1) is 9.52. The number of nitro benzene ring substituents is 1. The Morgan fingerprint density at radius 1 is 1.45 bits per heavy atom. The van der Waals surface area contributed by atoms with Gasteiger partial charge in [0.25, 0.3) is 0 Å². The smallest absolute Gasteiger partial charge is 0.312 e. The van der Waals surface area contributed by atoms with E-state index in [0.29, 0.717) is 10.9 Å². The average Bonchev–Trinajstić information content (AvgIpc) is 2.43. The highest BCUT2D eigenvalue weighted by molar-refractivity contribution is 9.10. The fraction of sp³-hybridized carbons (Fsp3) is 0.0833. The van der Waals surface area contributed by atoms with Gasteiger partial charge in [-0.2, -0.15) is 0 Å². The van der Waals surface area contributed by atoms with E-state index < -0.39 is 10.7 Å². The summed E-state index contributed by atoms with van der Waals surface area (Å²) in [6.07, 6.45) is 1.49. The van der Waals surface area contributed by atoms with E-state index in [2.05, 4.69) is 36.8 Å². The minimum Gasteiger partial charge on any atom is -0.431 e. The Morgan fingerprint density at radius 3 is 2.85 bits per heavy atom. The average molecular weight is 406 g/mol. The number of ether oxygens (including phenoxy) is 1. The summed E-state index contributed by atoms with van der Waals surface area (Å²) in [5.41, 5.74) is 0.356. The lowest BCUT2D eigenvalue weighted by atomic mass is 10.2. The quantitative estimate of drug-likeness (QED) is 0.424. The van der Waals surface area contributed by atoms with Crippen LogP contribution in [0, 0.1) is 15.9 Å². The number of pyridine rings is 1. The van der Waals surface area contributed by atoms with Gasteiger partial charge in [-0.15, -0.1) is 0 Å². The van der Waals surface area contributed by atoms with Crippen LogP contribution in [0.15, 0.2) is 34.9 Å². The minimum atomic E-state index is -0.651. The van der Waals surface area contributed by atoms with E-state index in [1.807, 2.05) is 0 Å². The van der Waals surface area contributed by atoms with E-state index in [4.69, 9.17) is 4.74 Å². The van der Waals surface area contributed by atoms with Gasteiger partial charge in [0.1, 0.15) is 5.82 Å². The number of rotatable bonds is 4. The summed E-state index contributed by atoms with van der Waals surface area (Å²) in [4.78, 5) is 14.3. The van der Waals surface area contributed by atoms with Gasteiger partial charge >= 0.3 is 5.69 Å². The number of hydrogen-bond acceptors (Lipinski definition) is 4. The van der Waals surface area contributed by atoms with Crippen LogP contribution in [0.1, 0.15) is 5.56 Å². The van der Waals surface area contributed by atoms with Crippen molar-refractivity contribution in [3.8, 4) is 11.6 Å². The van der Waals surface area contributed by atoms with Crippen molar-refractivity contribution in [1.29, 1.82) is 0 Å². The second-order valence-electron chi connectivity index (χ2n) is 3.69. The highest BCUT2D eigenvalue weighted by atomic mass is 79.9. The first-order valence-electron chi connectivity index (χ1n) is 5.34. The molecule has 1 aromatic carbocycles. The van der Waals surface area contributed by atoms with Gasteiger partial charge in [-0.05, 0) is 22.0 Å². The van der Waals surface area contributed by atoms with Gasteiger partial charge in [0.05, 0.1) is 9.40 Å². The van der Waals surface area contributed by atoms with Gasteiger partial charge in [-0.25, -0.2) is 9.37 Å². The molecule has 0 bridgehead atoms. The molecule has 0 atom stereocenters. The zero-order chi connectivity index (χ0) is 14.7. The van der Waals surface area contributed by atoms with Crippen molar-refractivity contribution in [2.75, 3.05) is 0 Å². The highest BCUT2D eigenvalue weighted by Crippen LogP contribution is 2.36. The maximum atomic E-state index is 13.5. The van der Waals surface area contributed by atoms with Gasteiger partial charge in [0.15, 0.2) is 0 Å². The molecule has 1 heterocycles. The lowest BCUT2D eigenvalue weighted by Gasteiger charge is -2.09. The molecule has 0 amide bonds. The van der Waals surface area contributed by atoms with Crippen molar-refractivity contribution in [2.24, 2.45) is 0 Å². The molecule has 0 aliphatic rings. The molecule has 0 saturated carbocycles. The molecule has 104 valence electrons. The molecule has 0 fully saturated rings. The van der Waals surface area contributed by atoms with Crippen molar-refractivity contribution in [1.82, 2.24) is 4.98 Å². The van der Waals surface area contributed by atoms with Crippen LogP contribution in [-0.2, 0) is 5.33 Å². The van der Waals surface area contributed by atoms with E-state index in [9.17, 15) is 14.5 Å². The molecule has 0 spiro atoms. The molecule has 1 aromatic heterocycles. The molecule has 20 heavy (non-hydrogen) atoms. The third kappa shape index (κ3) is 3.13. The van der Waals surface area contributed by atoms with Crippen LogP contribution in [0.25, 0.3) is 0 Å². The number of hydrogen-bond donors (Lipinski definition) is 0. The first-order valence-corrected chi connectivity index (χ1v) is 7.25. The number of benzene rings is 1. The van der Waals surface area contributed by atoms with E-state index >= 15 is 0 Å². The third-order valence-corrected chi connectivity index (χ3v) is 3.61. The standard InChI is InChI=1S/C12H7Br2FN2O3/c13-6-7-2-1-3-16-12(7)20-11-5-9(15)8(14)4-10(11)17(18)19/h1-5H,6H2. The van der Waals surface area contributed by atoms with E-state index in [-0.39, 0.29) is 21.8 Å². The number of aromatic nitrogens is 1. The summed E-state index contributed by atoms with van der Waals surface area (Å²) >= 11 is 6.16. The van der Waals surface area contributed by atoms with E-state index in [1.54, 1.807) is 12.1 Å². The lowest BCUT2D eigenvalue weighted by Crippen LogP contribution is -1.98. The van der Waals surface area contributed by atoms with Gasteiger partial charge in [0.2, 0.25) is 11.6 Å². The molecule has 0 radical (unpaired) electrons. The summed E-state index contributed by atoms with van der Waals surface area (Å²) in [6.45, 7) is 0. The first kappa shape index (κ1) is 14.9. The zero-order valence-corrected chi connectivity index (χ0v) is 13.0. The fourth-order valence-corrected chi connectivity index (χ4v) is 2.22. The highest BCUT2D eigenvalue weighted by Gasteiger charge is 2.20. The van der Waals surface area contributed by atoms with Crippen LogP contribution in [0.5, 0.6) is 11.6 Å². The van der Waals surface area contributed by atoms with Crippen molar-refractivity contribution in [3.63, 3.8) is 0 Å². The molecular weight excluding hydrogens is 399 g/mol. The molecule has 0 N–H and O–H groups in total. The van der Waals surface area contributed by atoms with Gasteiger partial charge < -0.3 is 4.74 Å². The Labute approximate surface area is 130 Å². The molecule has 2 rings (SSSR count). The lowest BCUT2D eigenvalue weighted by molar-refractivity contribution is -0.385. The van der Waals surface area contributed by atoms with Crippen molar-refractivity contribution >= 4 is 37.5 Å². The monoisotopic (exact) mass is 404 g/mol. The Bertz CT molecular complexity index is 667. The summed E-state index contributed by atoms with van der Waals surface area (Å²) in [7, 11) is 0. The molecule has 0 saturated heterocycles. The molecule has 5 nitrogen and oxygen atoms in total. The summed E-state index contributed by atoms with van der Waals surface area (Å²) in [5, 5.41) is 11.4. The summed E-state index contributed by atoms with van der Waals surface area (Å²) in [5.74, 6) is -0.660. The number of nitrogens with zero attached hydrogens (tertiary/aromatic N) is 2. The van der Waals surface area contributed by atoms with Crippen LogP contribution < -0.4 is 4.74 Å². The Balaban J connectivity index is 2.47. The SMILES string of the molecule is O=[N+]([O-])c1cc(Br)c(F)cc1Oc1ncccc1CBr. The Morgan fingerprint density at radius 2 is 2.20 bits per heavy atom. The van der Waals surface area contributed by atoms with Gasteiger partial charge in [0, 0.05) is 29.2 Å². The normalized spacial score (nSPS) is 10.3. The van der Waals surface area contributed by atoms with Crippen LogP contribution in [-0.4, -0.2) is 9.91 Å². The van der Waals surface area contributed by atoms with Crippen LogP contribution >= 0.6 is 31.9 Å². The predicted octanol–water partition coefficient (Wildman–Crippen LogP) is 4.58. The topological polar surface area (TPSA) is 65.3 Å². The molecular formula is C12H7Br2FN2O3. The predicted molar refractivity (Wildman–Crippen MR) is 77.7 cm³/mol. The molecule has 0 aliphatic carbocycles. The van der Waals surface area contributed by atoms with Gasteiger partial charge in [-0.3, -0.25) is 10.1 Å². The van der Waals surface area contributed by atoms with E-state index in [0.717, 1.165) is 12.1 Å². The van der Waals surface area contributed by atoms with Gasteiger partial charge in [-0.1, -0.05) is 22.0 Å². The number of nitro groups is 1. The second-order valence-corrected chi connectivity index (χ2v) is 5.11. The Kier molecular flexibility index (Phi) is 4.66. The zero-order valence-electron chi connectivity index (χ0n) is 9.85. The fourth-order valence-electron chi connectivity index (χ4n) is 1.46. The van der Waals surface area contributed by atoms with E-state index in [1.165, 1.54) is 6.20 Å². The van der Waals surface area contributed by atoms with Crippen molar-refractivity contribution in [3.05, 3.63) is 56.4 Å². The van der Waals surface area contributed by atoms with Crippen molar-refractivity contribution < 1.29 is 14.1 Å². The maximum absolute atomic E-state index is 13.5. The van der Waals surface area contributed by atoms with Crippen molar-refractivity contribution in [2.45, 2.75) is 5.33 Å². The summed E-state index contributed by atoms with van der Waals surface area (Å²) < 4.78 is 18.9. The number of alkyl halides is 1. The Hall–Kier alpha value is -1.54. The summed E-state index contributed by atoms with van der Waals surface area (Å²) in [6, 6.07) is 5.47. The molecule has 8 heteroatoms.